The molecule has 0 saturated carbocycles. The number of aliphatic imine (C=N–C) groups is 1. The molecule has 0 atom stereocenters. The summed E-state index contributed by atoms with van der Waals surface area (Å²) in [7, 11) is 0. The van der Waals surface area contributed by atoms with Gasteiger partial charge in [-0.3, -0.25) is 9.69 Å². The van der Waals surface area contributed by atoms with Crippen LogP contribution >= 0.6 is 11.8 Å². The number of para-hydroxylation sites is 1. The normalized spacial score (nSPS) is 14.5. The van der Waals surface area contributed by atoms with Crippen molar-refractivity contribution in [3.8, 4) is 17.1 Å². The molecule has 9 nitrogen and oxygen atoms in total. The van der Waals surface area contributed by atoms with Crippen molar-refractivity contribution in [1.29, 1.82) is 0 Å². The molecule has 2 heterocycles. The highest BCUT2D eigenvalue weighted by Crippen LogP contribution is 2.32. The monoisotopic (exact) mass is 594 g/mol. The number of aromatic nitrogens is 3. The molecule has 1 saturated heterocycles. The molecular formula is C29H25F3N6O3S. The van der Waals surface area contributed by atoms with Crippen LogP contribution in [0.5, 0.6) is 0 Å². The Kier molecular flexibility index (Phi) is 8.41. The van der Waals surface area contributed by atoms with E-state index in [0.717, 1.165) is 34.1 Å². The van der Waals surface area contributed by atoms with Crippen LogP contribution in [0.3, 0.4) is 0 Å². The molecule has 1 aromatic heterocycles. The van der Waals surface area contributed by atoms with Crippen LogP contribution in [0.2, 0.25) is 0 Å². The Morgan fingerprint density at radius 1 is 1.10 bits per heavy atom. The first-order valence-electron chi connectivity index (χ1n) is 12.7. The van der Waals surface area contributed by atoms with E-state index in [9.17, 15) is 22.8 Å². The number of alkyl halides is 3. The molecule has 0 spiro atoms. The molecule has 4 aromatic rings. The third-order valence-corrected chi connectivity index (χ3v) is 7.13. The maximum absolute atomic E-state index is 12.9. The van der Waals surface area contributed by atoms with Gasteiger partial charge in [0, 0.05) is 16.8 Å². The number of hydrogen-bond acceptors (Lipinski definition) is 6. The average molecular weight is 595 g/mol. The number of urea groups is 1. The first-order chi connectivity index (χ1) is 20.1. The van der Waals surface area contributed by atoms with Crippen LogP contribution in [0.4, 0.5) is 29.3 Å². The minimum atomic E-state index is -4.48. The first-order valence-corrected chi connectivity index (χ1v) is 13.7. The molecular weight excluding hydrogens is 569 g/mol. The molecule has 0 radical (unpaired) electrons. The van der Waals surface area contributed by atoms with Gasteiger partial charge in [0.15, 0.2) is 11.0 Å². The van der Waals surface area contributed by atoms with Gasteiger partial charge in [0.1, 0.15) is 12.9 Å². The van der Waals surface area contributed by atoms with Crippen molar-refractivity contribution in [2.45, 2.75) is 26.6 Å². The Morgan fingerprint density at radius 2 is 1.88 bits per heavy atom. The van der Waals surface area contributed by atoms with Crippen molar-refractivity contribution < 1.29 is 27.5 Å². The molecule has 1 fully saturated rings. The van der Waals surface area contributed by atoms with Crippen molar-refractivity contribution in [3.63, 3.8) is 0 Å². The lowest BCUT2D eigenvalue weighted by atomic mass is 10.1. The van der Waals surface area contributed by atoms with Crippen molar-refractivity contribution in [2.75, 3.05) is 22.6 Å². The number of nitrogens with one attached hydrogen (secondary N) is 1. The number of halogens is 3. The van der Waals surface area contributed by atoms with E-state index in [-0.39, 0.29) is 23.4 Å². The van der Waals surface area contributed by atoms with E-state index in [2.05, 4.69) is 20.4 Å². The summed E-state index contributed by atoms with van der Waals surface area (Å²) in [6.07, 6.45) is -2.86. The zero-order valence-corrected chi connectivity index (χ0v) is 23.4. The van der Waals surface area contributed by atoms with E-state index >= 15 is 0 Å². The van der Waals surface area contributed by atoms with Gasteiger partial charge in [0.2, 0.25) is 5.91 Å². The second kappa shape index (κ2) is 12.2. The van der Waals surface area contributed by atoms with E-state index < -0.39 is 18.8 Å². The molecule has 216 valence electrons. The number of nitrogens with zero attached hydrogens (tertiary/aromatic N) is 5. The number of thioether (sulfide) groups is 1. The SMILES string of the molecule is Cc1ccc(COCC(F)(F)F)c(N2C(=O)CS/C2=N\C(=O)Nc2ccc(-c3ncn(-c4ccccc4)n3)cc2C)c1. The molecule has 1 N–H and O–H groups in total. The summed E-state index contributed by atoms with van der Waals surface area (Å²) in [5.41, 5.74) is 4.34. The Balaban J connectivity index is 1.32. The Bertz CT molecular complexity index is 1660. The summed E-state index contributed by atoms with van der Waals surface area (Å²) in [6.45, 7) is 1.82. The summed E-state index contributed by atoms with van der Waals surface area (Å²) >= 11 is 1.07. The standard InChI is InChI=1S/C29H25F3N6O3S/c1-18-8-9-21(14-41-16-29(30,31)32)24(12-18)38-25(39)15-42-28(38)35-27(40)34-23-11-10-20(13-19(23)2)26-33-17-37(36-26)22-6-4-3-5-7-22/h3-13,17H,14-16H2,1-2H3,(H,34,40)/b35-28-. The lowest BCUT2D eigenvalue weighted by Gasteiger charge is -2.21. The lowest BCUT2D eigenvalue weighted by molar-refractivity contribution is -0.176. The highest BCUT2D eigenvalue weighted by molar-refractivity contribution is 8.15. The van der Waals surface area contributed by atoms with E-state index in [1.165, 1.54) is 4.90 Å². The molecule has 3 aromatic carbocycles. The van der Waals surface area contributed by atoms with Crippen LogP contribution in [0.1, 0.15) is 16.7 Å². The minimum absolute atomic E-state index is 0.0270. The zero-order valence-electron chi connectivity index (χ0n) is 22.6. The Hall–Kier alpha value is -4.49. The van der Waals surface area contributed by atoms with E-state index in [1.54, 1.807) is 48.3 Å². The van der Waals surface area contributed by atoms with Gasteiger partial charge in [-0.2, -0.15) is 18.2 Å². The third kappa shape index (κ3) is 6.86. The largest absolute Gasteiger partial charge is 0.411 e. The summed E-state index contributed by atoms with van der Waals surface area (Å²) in [4.78, 5) is 35.5. The Morgan fingerprint density at radius 3 is 2.62 bits per heavy atom. The van der Waals surface area contributed by atoms with E-state index in [0.29, 0.717) is 22.8 Å². The second-order valence-corrected chi connectivity index (χ2v) is 10.4. The molecule has 0 bridgehead atoms. The number of anilines is 2. The van der Waals surface area contributed by atoms with Crippen molar-refractivity contribution in [1.82, 2.24) is 14.8 Å². The van der Waals surface area contributed by atoms with Gasteiger partial charge >= 0.3 is 12.2 Å². The smallest absolute Gasteiger partial charge is 0.367 e. The number of carbonyl (C=O) groups excluding carboxylic acids is 2. The summed E-state index contributed by atoms with van der Waals surface area (Å²) in [6, 6.07) is 19.2. The van der Waals surface area contributed by atoms with Crippen LogP contribution in [0, 0.1) is 13.8 Å². The predicted octanol–water partition coefficient (Wildman–Crippen LogP) is 6.30. The number of amides is 3. The molecule has 13 heteroatoms. The van der Waals surface area contributed by atoms with E-state index in [4.69, 9.17) is 4.74 Å². The average Bonchev–Trinajstić information content (AvgIpc) is 3.58. The van der Waals surface area contributed by atoms with Crippen LogP contribution in [0.15, 0.2) is 78.0 Å². The fourth-order valence-electron chi connectivity index (χ4n) is 4.24. The van der Waals surface area contributed by atoms with E-state index in [1.807, 2.05) is 43.3 Å². The van der Waals surface area contributed by atoms with Gasteiger partial charge in [-0.25, -0.2) is 14.5 Å². The maximum atomic E-state index is 12.9. The van der Waals surface area contributed by atoms with Crippen LogP contribution in [0.25, 0.3) is 17.1 Å². The van der Waals surface area contributed by atoms with Crippen molar-refractivity contribution in [3.05, 3.63) is 89.7 Å². The van der Waals surface area contributed by atoms with Crippen molar-refractivity contribution in [2.24, 2.45) is 4.99 Å². The molecule has 5 rings (SSSR count). The minimum Gasteiger partial charge on any atom is -0.367 e. The summed E-state index contributed by atoms with van der Waals surface area (Å²) < 4.78 is 44.3. The number of aryl methyl sites for hydroxylation is 2. The van der Waals surface area contributed by atoms with Gasteiger partial charge in [-0.05, 0) is 61.4 Å². The molecule has 0 unspecified atom stereocenters. The molecule has 0 aliphatic carbocycles. The number of ether oxygens (including phenoxy) is 1. The quantitative estimate of drug-likeness (QED) is 0.270. The van der Waals surface area contributed by atoms with Gasteiger partial charge in [0.25, 0.3) is 0 Å². The number of amidine groups is 1. The van der Waals surface area contributed by atoms with Crippen LogP contribution in [-0.4, -0.2) is 50.4 Å². The highest BCUT2D eigenvalue weighted by atomic mass is 32.2. The first kappa shape index (κ1) is 29.0. The summed E-state index contributed by atoms with van der Waals surface area (Å²) in [5.74, 6) is 0.196. The number of hydrogen-bond donors (Lipinski definition) is 1. The predicted molar refractivity (Wildman–Crippen MR) is 155 cm³/mol. The second-order valence-electron chi connectivity index (χ2n) is 9.46. The highest BCUT2D eigenvalue weighted by Gasteiger charge is 2.33. The molecule has 42 heavy (non-hydrogen) atoms. The molecule has 3 amide bonds. The van der Waals surface area contributed by atoms with Crippen LogP contribution < -0.4 is 10.2 Å². The maximum Gasteiger partial charge on any atom is 0.411 e. The van der Waals surface area contributed by atoms with Crippen molar-refractivity contribution >= 4 is 40.2 Å². The van der Waals surface area contributed by atoms with Gasteiger partial charge in [0.05, 0.1) is 23.7 Å². The van der Waals surface area contributed by atoms with Gasteiger partial charge < -0.3 is 10.1 Å². The Labute approximate surface area is 243 Å². The topological polar surface area (TPSA) is 102 Å². The number of rotatable bonds is 7. The molecule has 1 aliphatic rings. The van der Waals surface area contributed by atoms with Gasteiger partial charge in [-0.15, -0.1) is 5.10 Å². The van der Waals surface area contributed by atoms with Crippen LogP contribution in [-0.2, 0) is 16.1 Å². The third-order valence-electron chi connectivity index (χ3n) is 6.21. The summed E-state index contributed by atoms with van der Waals surface area (Å²) in [5, 5.41) is 7.38. The fourth-order valence-corrected chi connectivity index (χ4v) is 5.09. The fraction of sp³-hybridized carbons (Fsp3) is 0.207. The molecule has 1 aliphatic heterocycles. The number of benzene rings is 3. The lowest BCUT2D eigenvalue weighted by Crippen LogP contribution is -2.31. The zero-order chi connectivity index (χ0) is 29.9. The van der Waals surface area contributed by atoms with Gasteiger partial charge in [-0.1, -0.05) is 42.1 Å². The number of carbonyl (C=O) groups is 2.